The number of rotatable bonds is 3. The smallest absolute Gasteiger partial charge is 0.338 e. The Balaban J connectivity index is 1.52. The first-order chi connectivity index (χ1) is 12.5. The minimum Gasteiger partial charge on any atom is -0.457 e. The molecule has 1 fully saturated rings. The molecule has 0 aromatic heterocycles. The maximum atomic E-state index is 12.5. The Bertz CT molecular complexity index is 891. The van der Waals surface area contributed by atoms with E-state index in [1.54, 1.807) is 12.1 Å². The van der Waals surface area contributed by atoms with E-state index < -0.39 is 0 Å². The highest BCUT2D eigenvalue weighted by molar-refractivity contribution is 6.05. The molecule has 4 rings (SSSR count). The van der Waals surface area contributed by atoms with Gasteiger partial charge in [-0.1, -0.05) is 23.8 Å². The molecule has 2 aliphatic heterocycles. The van der Waals surface area contributed by atoms with Gasteiger partial charge in [-0.15, -0.1) is 0 Å². The molecule has 1 N–H and O–H groups in total. The molecule has 0 unspecified atom stereocenters. The van der Waals surface area contributed by atoms with Gasteiger partial charge in [0.05, 0.1) is 16.9 Å². The van der Waals surface area contributed by atoms with Gasteiger partial charge in [0.25, 0.3) is 0 Å². The third-order valence-electron chi connectivity index (χ3n) is 5.22. The van der Waals surface area contributed by atoms with E-state index in [0.717, 1.165) is 41.8 Å². The number of hydrogen-bond acceptors (Lipinski definition) is 4. The van der Waals surface area contributed by atoms with E-state index in [4.69, 9.17) is 4.74 Å². The van der Waals surface area contributed by atoms with E-state index in [1.165, 1.54) is 0 Å². The molecule has 5 heteroatoms. The minimum absolute atomic E-state index is 0.0101. The van der Waals surface area contributed by atoms with Crippen molar-refractivity contribution in [2.45, 2.75) is 39.3 Å². The normalized spacial score (nSPS) is 18.2. The second-order valence-corrected chi connectivity index (χ2v) is 7.08. The highest BCUT2D eigenvalue weighted by atomic mass is 16.5. The monoisotopic (exact) mass is 350 g/mol. The summed E-state index contributed by atoms with van der Waals surface area (Å²) in [6.07, 6.45) is 1.89. The average Bonchev–Trinajstić information content (AvgIpc) is 3.12. The molecular weight excluding hydrogens is 328 g/mol. The van der Waals surface area contributed by atoms with Crippen LogP contribution in [-0.4, -0.2) is 24.5 Å². The summed E-state index contributed by atoms with van der Waals surface area (Å²) in [7, 11) is 0. The van der Waals surface area contributed by atoms with Crippen molar-refractivity contribution in [3.63, 3.8) is 0 Å². The summed E-state index contributed by atoms with van der Waals surface area (Å²) < 4.78 is 5.49. The number of benzene rings is 2. The second kappa shape index (κ2) is 6.48. The molecule has 2 aliphatic rings. The van der Waals surface area contributed by atoms with Crippen molar-refractivity contribution in [2.24, 2.45) is 0 Å². The number of esters is 1. The van der Waals surface area contributed by atoms with Gasteiger partial charge < -0.3 is 15.0 Å². The summed E-state index contributed by atoms with van der Waals surface area (Å²) in [5.41, 5.74) is 5.36. The topological polar surface area (TPSA) is 58.6 Å². The van der Waals surface area contributed by atoms with Gasteiger partial charge in [-0.05, 0) is 56.0 Å². The molecule has 2 aromatic rings. The van der Waals surface area contributed by atoms with Gasteiger partial charge in [0.15, 0.2) is 0 Å². The minimum atomic E-state index is -0.383. The fourth-order valence-electron chi connectivity index (χ4n) is 3.74. The lowest BCUT2D eigenvalue weighted by atomic mass is 10.1. The van der Waals surface area contributed by atoms with Crippen molar-refractivity contribution in [3.05, 3.63) is 58.7 Å². The van der Waals surface area contributed by atoms with Crippen LogP contribution in [0.15, 0.2) is 36.4 Å². The van der Waals surface area contributed by atoms with Crippen molar-refractivity contribution in [1.29, 1.82) is 0 Å². The summed E-state index contributed by atoms with van der Waals surface area (Å²) in [5.74, 6) is -0.373. The van der Waals surface area contributed by atoms with Gasteiger partial charge in [-0.25, -0.2) is 4.79 Å². The van der Waals surface area contributed by atoms with Gasteiger partial charge in [-0.2, -0.15) is 0 Å². The second-order valence-electron chi connectivity index (χ2n) is 7.08. The molecule has 26 heavy (non-hydrogen) atoms. The van der Waals surface area contributed by atoms with E-state index in [1.807, 2.05) is 38.1 Å². The summed E-state index contributed by atoms with van der Waals surface area (Å²) >= 11 is 0. The van der Waals surface area contributed by atoms with Crippen LogP contribution in [-0.2, 0) is 16.1 Å². The van der Waals surface area contributed by atoms with Crippen molar-refractivity contribution >= 4 is 23.3 Å². The van der Waals surface area contributed by atoms with Gasteiger partial charge in [0.1, 0.15) is 12.6 Å². The first-order valence-electron chi connectivity index (χ1n) is 8.98. The molecule has 0 saturated carbocycles. The number of carbonyl (C=O) groups is 2. The number of carbonyl (C=O) groups excluding carboxylic acids is 2. The number of anilines is 2. The quantitative estimate of drug-likeness (QED) is 0.860. The number of nitrogens with one attached hydrogen (secondary N) is 1. The molecule has 5 nitrogen and oxygen atoms in total. The summed E-state index contributed by atoms with van der Waals surface area (Å²) in [5, 5.41) is 2.93. The first kappa shape index (κ1) is 16.6. The van der Waals surface area contributed by atoms with E-state index in [9.17, 15) is 9.59 Å². The van der Waals surface area contributed by atoms with Gasteiger partial charge in [0, 0.05) is 6.54 Å². The van der Waals surface area contributed by atoms with Crippen LogP contribution in [0.5, 0.6) is 0 Å². The Kier molecular flexibility index (Phi) is 4.15. The predicted octanol–water partition coefficient (Wildman–Crippen LogP) is 3.58. The number of amides is 1. The Morgan fingerprint density at radius 2 is 2.08 bits per heavy atom. The molecule has 2 heterocycles. The molecule has 134 valence electrons. The lowest BCUT2D eigenvalue weighted by molar-refractivity contribution is -0.117. The molecule has 1 saturated heterocycles. The van der Waals surface area contributed by atoms with E-state index in [-0.39, 0.29) is 24.5 Å². The van der Waals surface area contributed by atoms with Gasteiger partial charge in [-0.3, -0.25) is 4.79 Å². The van der Waals surface area contributed by atoms with Crippen LogP contribution in [0.2, 0.25) is 0 Å². The van der Waals surface area contributed by atoms with Crippen LogP contribution in [0.25, 0.3) is 0 Å². The van der Waals surface area contributed by atoms with Crippen LogP contribution >= 0.6 is 0 Å². The lowest BCUT2D eigenvalue weighted by Gasteiger charge is -2.33. The number of fused-ring (bicyclic) bond motifs is 3. The number of hydrogen-bond donors (Lipinski definition) is 1. The first-order valence-corrected chi connectivity index (χ1v) is 8.98. The van der Waals surface area contributed by atoms with Crippen LogP contribution in [0.3, 0.4) is 0 Å². The standard InChI is InChI=1S/C21H22N2O3/c1-13-5-6-14(2)16(10-13)12-26-21(25)15-7-8-18-17(11-15)22-20(24)19-4-3-9-23(18)19/h5-8,10-11,19H,3-4,9,12H2,1-2H3,(H,22,24)/t19-/m1/s1. The Hall–Kier alpha value is -2.82. The van der Waals surface area contributed by atoms with Crippen molar-refractivity contribution in [3.8, 4) is 0 Å². The van der Waals surface area contributed by atoms with Crippen LogP contribution in [0.1, 0.15) is 39.9 Å². The molecule has 0 bridgehead atoms. The number of aryl methyl sites for hydroxylation is 2. The lowest BCUT2D eigenvalue weighted by Crippen LogP contribution is -2.43. The molecule has 2 aromatic carbocycles. The molecule has 1 amide bonds. The maximum absolute atomic E-state index is 12.5. The summed E-state index contributed by atoms with van der Waals surface area (Å²) in [6, 6.07) is 11.4. The van der Waals surface area contributed by atoms with Crippen molar-refractivity contribution < 1.29 is 14.3 Å². The highest BCUT2D eigenvalue weighted by Gasteiger charge is 2.36. The fourth-order valence-corrected chi connectivity index (χ4v) is 3.74. The largest absolute Gasteiger partial charge is 0.457 e. The highest BCUT2D eigenvalue weighted by Crippen LogP contribution is 2.37. The van der Waals surface area contributed by atoms with E-state index in [2.05, 4.69) is 10.2 Å². The fraction of sp³-hybridized carbons (Fsp3) is 0.333. The molecular formula is C21H22N2O3. The Labute approximate surface area is 153 Å². The zero-order valence-electron chi connectivity index (χ0n) is 15.0. The predicted molar refractivity (Wildman–Crippen MR) is 100 cm³/mol. The van der Waals surface area contributed by atoms with Crippen LogP contribution < -0.4 is 10.2 Å². The number of ether oxygens (including phenoxy) is 1. The van der Waals surface area contributed by atoms with Crippen molar-refractivity contribution in [2.75, 3.05) is 16.8 Å². The van der Waals surface area contributed by atoms with E-state index in [0.29, 0.717) is 11.3 Å². The van der Waals surface area contributed by atoms with Gasteiger partial charge in [0.2, 0.25) is 5.91 Å². The maximum Gasteiger partial charge on any atom is 0.338 e. The molecule has 1 atom stereocenters. The SMILES string of the molecule is Cc1ccc(C)c(COC(=O)c2ccc3c(c2)NC(=O)[C@H]2CCCN32)c1. The molecule has 0 spiro atoms. The van der Waals surface area contributed by atoms with Crippen LogP contribution in [0.4, 0.5) is 11.4 Å². The summed E-state index contributed by atoms with van der Waals surface area (Å²) in [4.78, 5) is 26.8. The van der Waals surface area contributed by atoms with Crippen LogP contribution in [0, 0.1) is 13.8 Å². The van der Waals surface area contributed by atoms with Crippen molar-refractivity contribution in [1.82, 2.24) is 0 Å². The molecule has 0 radical (unpaired) electrons. The van der Waals surface area contributed by atoms with Gasteiger partial charge >= 0.3 is 5.97 Å². The third kappa shape index (κ3) is 2.94. The number of nitrogens with zero attached hydrogens (tertiary/aromatic N) is 1. The third-order valence-corrected chi connectivity index (χ3v) is 5.22. The Morgan fingerprint density at radius 3 is 2.92 bits per heavy atom. The summed E-state index contributed by atoms with van der Waals surface area (Å²) in [6.45, 7) is 5.14. The molecule has 0 aliphatic carbocycles. The zero-order chi connectivity index (χ0) is 18.3. The average molecular weight is 350 g/mol. The van der Waals surface area contributed by atoms with E-state index >= 15 is 0 Å². The zero-order valence-corrected chi connectivity index (χ0v) is 15.0. The Morgan fingerprint density at radius 1 is 1.23 bits per heavy atom.